The van der Waals surface area contributed by atoms with Gasteiger partial charge in [0, 0.05) is 40.8 Å². The van der Waals surface area contributed by atoms with Crippen molar-refractivity contribution in [3.05, 3.63) is 64.1 Å². The fourth-order valence-electron chi connectivity index (χ4n) is 3.88. The highest BCUT2D eigenvalue weighted by atomic mass is 32.1. The average Bonchev–Trinajstić information content (AvgIpc) is 3.67. The second-order valence-corrected chi connectivity index (χ2v) is 9.36. The normalized spacial score (nSPS) is 15.1. The number of carbonyl (C=O) groups is 2. The molecule has 12 heteroatoms. The van der Waals surface area contributed by atoms with E-state index in [0.717, 1.165) is 34.3 Å². The van der Waals surface area contributed by atoms with Crippen molar-refractivity contribution in [3.8, 4) is 28.7 Å². The lowest BCUT2D eigenvalue weighted by Crippen LogP contribution is -2.46. The summed E-state index contributed by atoms with van der Waals surface area (Å²) in [5.41, 5.74) is 1.28. The minimum absolute atomic E-state index is 0.0636. The molecule has 9 nitrogen and oxygen atoms in total. The van der Waals surface area contributed by atoms with Crippen LogP contribution >= 0.6 is 22.7 Å². The van der Waals surface area contributed by atoms with E-state index in [1.807, 2.05) is 5.38 Å². The number of aromatic nitrogens is 4. The Bertz CT molecular complexity index is 1470. The fourth-order valence-corrected chi connectivity index (χ4v) is 5.10. The molecule has 0 saturated carbocycles. The summed E-state index contributed by atoms with van der Waals surface area (Å²) in [7, 11) is 1.52. The molecule has 36 heavy (non-hydrogen) atoms. The van der Waals surface area contributed by atoms with Crippen molar-refractivity contribution < 1.29 is 18.7 Å². The molecule has 3 aromatic heterocycles. The van der Waals surface area contributed by atoms with Crippen LogP contribution in [0.3, 0.4) is 0 Å². The van der Waals surface area contributed by atoms with Crippen LogP contribution in [0.15, 0.2) is 47.5 Å². The predicted molar refractivity (Wildman–Crippen MR) is 134 cm³/mol. The summed E-state index contributed by atoms with van der Waals surface area (Å²) in [4.78, 5) is 46.5. The highest BCUT2D eigenvalue weighted by Gasteiger charge is 2.41. The van der Waals surface area contributed by atoms with Crippen LogP contribution in [0.25, 0.3) is 10.6 Å². The molecule has 2 amide bonds. The molecule has 4 aromatic rings. The SMILES string of the molecule is C#Cc1nc(C(=O)N(c2cc(OC)cc(-c3nccs3)c2)C2CCN(c3ncc(F)cn3)C2=O)cs1. The van der Waals surface area contributed by atoms with Gasteiger partial charge in [-0.3, -0.25) is 19.4 Å². The number of rotatable bonds is 6. The number of benzene rings is 1. The third kappa shape index (κ3) is 4.41. The summed E-state index contributed by atoms with van der Waals surface area (Å²) in [5.74, 6) is 1.47. The van der Waals surface area contributed by atoms with Gasteiger partial charge in [-0.25, -0.2) is 24.3 Å². The van der Waals surface area contributed by atoms with E-state index in [2.05, 4.69) is 25.9 Å². The molecular formula is C24H17FN6O3S2. The number of halogens is 1. The number of amides is 2. The molecule has 0 N–H and O–H groups in total. The molecule has 0 bridgehead atoms. The highest BCUT2D eigenvalue weighted by Crippen LogP contribution is 2.35. The van der Waals surface area contributed by atoms with Crippen LogP contribution in [-0.4, -0.2) is 51.4 Å². The molecule has 1 fully saturated rings. The second kappa shape index (κ2) is 9.80. The van der Waals surface area contributed by atoms with Crippen molar-refractivity contribution in [2.75, 3.05) is 23.5 Å². The lowest BCUT2D eigenvalue weighted by atomic mass is 10.1. The van der Waals surface area contributed by atoms with Gasteiger partial charge in [0.25, 0.3) is 11.8 Å². The summed E-state index contributed by atoms with van der Waals surface area (Å²) in [6.45, 7) is 0.245. The van der Waals surface area contributed by atoms with Crippen LogP contribution in [0.2, 0.25) is 0 Å². The number of anilines is 2. The number of methoxy groups -OCH3 is 1. The summed E-state index contributed by atoms with van der Waals surface area (Å²) >= 11 is 2.60. The summed E-state index contributed by atoms with van der Waals surface area (Å²) < 4.78 is 18.8. The quantitative estimate of drug-likeness (QED) is 0.358. The number of nitrogens with zero attached hydrogens (tertiary/aromatic N) is 6. The number of hydrogen-bond acceptors (Lipinski definition) is 9. The van der Waals surface area contributed by atoms with Crippen LogP contribution < -0.4 is 14.5 Å². The first kappa shape index (κ1) is 23.5. The van der Waals surface area contributed by atoms with Crippen molar-refractivity contribution in [2.45, 2.75) is 12.5 Å². The number of hydrogen-bond donors (Lipinski definition) is 0. The maximum Gasteiger partial charge on any atom is 0.278 e. The third-order valence-corrected chi connectivity index (χ3v) is 7.08. The molecule has 4 heterocycles. The minimum Gasteiger partial charge on any atom is -0.497 e. The maximum atomic E-state index is 13.8. The van der Waals surface area contributed by atoms with Gasteiger partial charge in [0.2, 0.25) is 5.95 Å². The van der Waals surface area contributed by atoms with Crippen LogP contribution in [0.1, 0.15) is 21.9 Å². The molecule has 1 aliphatic heterocycles. The van der Waals surface area contributed by atoms with Gasteiger partial charge in [-0.05, 0) is 24.5 Å². The number of ether oxygens (including phenoxy) is 1. The largest absolute Gasteiger partial charge is 0.497 e. The molecule has 0 radical (unpaired) electrons. The predicted octanol–water partition coefficient (Wildman–Crippen LogP) is 3.64. The van der Waals surface area contributed by atoms with Crippen molar-refractivity contribution >= 4 is 46.1 Å². The summed E-state index contributed by atoms with van der Waals surface area (Å²) in [6.07, 6.45) is 9.40. The lowest BCUT2D eigenvalue weighted by molar-refractivity contribution is -0.118. The smallest absolute Gasteiger partial charge is 0.278 e. The van der Waals surface area contributed by atoms with Gasteiger partial charge < -0.3 is 4.74 Å². The zero-order chi connectivity index (χ0) is 25.2. The van der Waals surface area contributed by atoms with E-state index in [1.165, 1.54) is 28.2 Å². The topological polar surface area (TPSA) is 101 Å². The molecule has 5 rings (SSSR count). The Labute approximate surface area is 213 Å². The molecule has 1 unspecified atom stereocenters. The van der Waals surface area contributed by atoms with Gasteiger partial charge in [0.15, 0.2) is 10.8 Å². The number of terminal acetylenes is 1. The van der Waals surface area contributed by atoms with E-state index in [4.69, 9.17) is 11.2 Å². The fraction of sp³-hybridized carbons (Fsp3) is 0.167. The van der Waals surface area contributed by atoms with E-state index in [0.29, 0.717) is 22.9 Å². The average molecular weight is 521 g/mol. The van der Waals surface area contributed by atoms with Crippen LogP contribution in [0.4, 0.5) is 16.0 Å². The molecule has 1 aliphatic rings. The number of thiazole rings is 2. The zero-order valence-corrected chi connectivity index (χ0v) is 20.4. The lowest BCUT2D eigenvalue weighted by Gasteiger charge is -2.28. The van der Waals surface area contributed by atoms with Crippen molar-refractivity contribution in [3.63, 3.8) is 0 Å². The van der Waals surface area contributed by atoms with E-state index < -0.39 is 23.7 Å². The Morgan fingerprint density at radius 2 is 2.06 bits per heavy atom. The van der Waals surface area contributed by atoms with Crippen molar-refractivity contribution in [2.24, 2.45) is 0 Å². The van der Waals surface area contributed by atoms with E-state index in [-0.39, 0.29) is 18.2 Å². The summed E-state index contributed by atoms with van der Waals surface area (Å²) in [6, 6.07) is 4.36. The van der Waals surface area contributed by atoms with Crippen LogP contribution in [-0.2, 0) is 4.79 Å². The van der Waals surface area contributed by atoms with Gasteiger partial charge >= 0.3 is 0 Å². The Balaban J connectivity index is 1.59. The standard InChI is InChI=1S/C24H17FN6O3S2/c1-3-20-29-18(13-36-20)22(32)31(16-8-14(9-17(10-16)34-2)21-26-5-7-35-21)19-4-6-30(23(19)33)24-27-11-15(25)12-28-24/h1,5,7-13,19H,4,6H2,2H3. The van der Waals surface area contributed by atoms with E-state index in [1.54, 1.807) is 29.8 Å². The van der Waals surface area contributed by atoms with E-state index in [9.17, 15) is 14.0 Å². The van der Waals surface area contributed by atoms with Crippen molar-refractivity contribution in [1.29, 1.82) is 0 Å². The molecule has 1 saturated heterocycles. The van der Waals surface area contributed by atoms with Gasteiger partial charge in [0.05, 0.1) is 19.5 Å². The Hall–Kier alpha value is -4.21. The van der Waals surface area contributed by atoms with E-state index >= 15 is 0 Å². The van der Waals surface area contributed by atoms with Gasteiger partial charge in [0.1, 0.15) is 22.5 Å². The van der Waals surface area contributed by atoms with Gasteiger partial charge in [-0.15, -0.1) is 29.1 Å². The minimum atomic E-state index is -0.890. The number of carbonyl (C=O) groups excluding carboxylic acids is 2. The van der Waals surface area contributed by atoms with Crippen LogP contribution in [0, 0.1) is 18.2 Å². The molecule has 0 aliphatic carbocycles. The molecule has 180 valence electrons. The molecular weight excluding hydrogens is 503 g/mol. The zero-order valence-electron chi connectivity index (χ0n) is 18.8. The Morgan fingerprint density at radius 1 is 1.25 bits per heavy atom. The van der Waals surface area contributed by atoms with Gasteiger partial charge in [-0.1, -0.05) is 0 Å². The first-order valence-electron chi connectivity index (χ1n) is 10.6. The molecule has 0 spiro atoms. The first-order valence-corrected chi connectivity index (χ1v) is 12.4. The Morgan fingerprint density at radius 3 is 2.72 bits per heavy atom. The van der Waals surface area contributed by atoms with Crippen LogP contribution in [0.5, 0.6) is 5.75 Å². The van der Waals surface area contributed by atoms with Crippen molar-refractivity contribution in [1.82, 2.24) is 19.9 Å². The molecule has 1 aromatic carbocycles. The van der Waals surface area contributed by atoms with Gasteiger partial charge in [-0.2, -0.15) is 0 Å². The first-order chi connectivity index (χ1) is 17.5. The second-order valence-electron chi connectivity index (χ2n) is 7.61. The third-order valence-electron chi connectivity index (χ3n) is 5.49. The molecule has 1 atom stereocenters. The summed E-state index contributed by atoms with van der Waals surface area (Å²) in [5, 5.41) is 4.48. The Kier molecular flexibility index (Phi) is 6.41. The monoisotopic (exact) mass is 520 g/mol. The maximum absolute atomic E-state index is 13.8. The highest BCUT2D eigenvalue weighted by molar-refractivity contribution is 7.13.